The van der Waals surface area contributed by atoms with Crippen LogP contribution in [0.4, 0.5) is 0 Å². The number of nitrogens with zero attached hydrogens (tertiary/aromatic N) is 1. The maximum atomic E-state index is 5.62. The van der Waals surface area contributed by atoms with Gasteiger partial charge in [-0.3, -0.25) is 4.90 Å². The van der Waals surface area contributed by atoms with Crippen LogP contribution in [0, 0.1) is 5.92 Å². The Morgan fingerprint density at radius 3 is 3.00 bits per heavy atom. The Morgan fingerprint density at radius 2 is 2.24 bits per heavy atom. The van der Waals surface area contributed by atoms with Crippen molar-refractivity contribution >= 4 is 0 Å². The van der Waals surface area contributed by atoms with E-state index in [1.807, 2.05) is 0 Å². The van der Waals surface area contributed by atoms with Gasteiger partial charge in [0.25, 0.3) is 0 Å². The molecule has 0 bridgehead atoms. The van der Waals surface area contributed by atoms with Crippen molar-refractivity contribution in [3.8, 4) is 0 Å². The smallest absolute Gasteiger partial charge is 0.0700 e. The van der Waals surface area contributed by atoms with Crippen LogP contribution in [0.15, 0.2) is 12.2 Å². The summed E-state index contributed by atoms with van der Waals surface area (Å²) in [6.07, 6.45) is 10.00. The van der Waals surface area contributed by atoms with Crippen molar-refractivity contribution in [2.75, 3.05) is 40.0 Å². The van der Waals surface area contributed by atoms with Gasteiger partial charge in [-0.05, 0) is 38.1 Å². The van der Waals surface area contributed by atoms with Gasteiger partial charge in [0.05, 0.1) is 19.8 Å². The lowest BCUT2D eigenvalue weighted by atomic mass is 10.0. The Bertz CT molecular complexity index is 242. The Labute approximate surface area is 105 Å². The number of likely N-dealkylation sites (tertiary alicyclic amines) is 1. The van der Waals surface area contributed by atoms with Crippen LogP contribution in [0.2, 0.25) is 0 Å². The fraction of sp³-hybridized carbons (Fsp3) is 0.857. The fourth-order valence-corrected chi connectivity index (χ4v) is 2.79. The normalized spacial score (nSPS) is 29.9. The third kappa shape index (κ3) is 4.09. The lowest BCUT2D eigenvalue weighted by Gasteiger charge is -2.27. The maximum absolute atomic E-state index is 5.62. The van der Waals surface area contributed by atoms with Gasteiger partial charge in [-0.1, -0.05) is 12.2 Å². The Kier molecular flexibility index (Phi) is 5.49. The predicted molar refractivity (Wildman–Crippen MR) is 69.2 cm³/mol. The quantitative estimate of drug-likeness (QED) is 0.523. The van der Waals surface area contributed by atoms with E-state index < -0.39 is 0 Å². The first kappa shape index (κ1) is 13.1. The van der Waals surface area contributed by atoms with Crippen molar-refractivity contribution in [1.29, 1.82) is 0 Å². The van der Waals surface area contributed by atoms with E-state index in [2.05, 4.69) is 17.1 Å². The third-order valence-corrected chi connectivity index (χ3v) is 3.80. The van der Waals surface area contributed by atoms with E-state index in [9.17, 15) is 0 Å². The summed E-state index contributed by atoms with van der Waals surface area (Å²) in [5.41, 5.74) is 0. The molecule has 0 unspecified atom stereocenters. The molecule has 1 aliphatic carbocycles. The Hall–Kier alpha value is -0.380. The minimum atomic E-state index is 0.702. The van der Waals surface area contributed by atoms with Gasteiger partial charge in [0, 0.05) is 19.7 Å². The van der Waals surface area contributed by atoms with Gasteiger partial charge in [0.1, 0.15) is 0 Å². The van der Waals surface area contributed by atoms with Crippen molar-refractivity contribution in [3.63, 3.8) is 0 Å². The summed E-state index contributed by atoms with van der Waals surface area (Å²) in [5, 5.41) is 0. The standard InChI is InChI=1S/C14H25NO2/c1-16-9-10-17-12-13-7-8-15(11-13)14-5-3-2-4-6-14/h3,5,13-14H,2,4,6-12H2,1H3/t13-,14+/m1/s1. The number of allylic oxidation sites excluding steroid dienone is 1. The first-order valence-corrected chi connectivity index (χ1v) is 6.87. The van der Waals surface area contributed by atoms with Crippen LogP contribution in [0.3, 0.4) is 0 Å². The molecule has 0 spiro atoms. The van der Waals surface area contributed by atoms with E-state index in [4.69, 9.17) is 9.47 Å². The molecule has 2 rings (SSSR count). The molecule has 3 heteroatoms. The zero-order valence-electron chi connectivity index (χ0n) is 10.9. The van der Waals surface area contributed by atoms with Gasteiger partial charge < -0.3 is 9.47 Å². The molecule has 1 heterocycles. The zero-order valence-corrected chi connectivity index (χ0v) is 10.9. The molecule has 0 N–H and O–H groups in total. The van der Waals surface area contributed by atoms with Gasteiger partial charge in [-0.2, -0.15) is 0 Å². The van der Waals surface area contributed by atoms with Gasteiger partial charge in [0.15, 0.2) is 0 Å². The highest BCUT2D eigenvalue weighted by molar-refractivity contribution is 5.00. The Morgan fingerprint density at radius 1 is 1.29 bits per heavy atom. The van der Waals surface area contributed by atoms with Gasteiger partial charge in [0.2, 0.25) is 0 Å². The summed E-state index contributed by atoms with van der Waals surface area (Å²) >= 11 is 0. The molecule has 2 atom stereocenters. The Balaban J connectivity index is 1.64. The second-order valence-corrected chi connectivity index (χ2v) is 5.14. The van der Waals surface area contributed by atoms with Crippen LogP contribution in [-0.4, -0.2) is 51.0 Å². The summed E-state index contributed by atoms with van der Waals surface area (Å²) in [4.78, 5) is 2.63. The highest BCUT2D eigenvalue weighted by atomic mass is 16.5. The van der Waals surface area contributed by atoms with E-state index >= 15 is 0 Å². The fourth-order valence-electron chi connectivity index (χ4n) is 2.79. The van der Waals surface area contributed by atoms with Crippen LogP contribution in [-0.2, 0) is 9.47 Å². The molecule has 0 radical (unpaired) electrons. The second-order valence-electron chi connectivity index (χ2n) is 5.14. The SMILES string of the molecule is COCCOC[C@@H]1CCN([C@H]2C=CCCC2)C1. The van der Waals surface area contributed by atoms with E-state index in [1.54, 1.807) is 7.11 Å². The van der Waals surface area contributed by atoms with Crippen LogP contribution < -0.4 is 0 Å². The number of rotatable bonds is 6. The predicted octanol–water partition coefficient (Wildman–Crippen LogP) is 2.08. The zero-order chi connectivity index (χ0) is 11.9. The molecule has 1 saturated heterocycles. The highest BCUT2D eigenvalue weighted by Crippen LogP contribution is 2.24. The molecule has 3 nitrogen and oxygen atoms in total. The van der Waals surface area contributed by atoms with Gasteiger partial charge >= 0.3 is 0 Å². The summed E-state index contributed by atoms with van der Waals surface area (Å²) in [5.74, 6) is 0.724. The van der Waals surface area contributed by atoms with Crippen LogP contribution in [0.1, 0.15) is 25.7 Å². The van der Waals surface area contributed by atoms with Crippen molar-refractivity contribution in [2.24, 2.45) is 5.92 Å². The second kappa shape index (κ2) is 7.14. The summed E-state index contributed by atoms with van der Waals surface area (Å²) in [6, 6.07) is 0.702. The number of hydrogen-bond donors (Lipinski definition) is 0. The average Bonchev–Trinajstić information content (AvgIpc) is 2.85. The van der Waals surface area contributed by atoms with Crippen molar-refractivity contribution < 1.29 is 9.47 Å². The van der Waals surface area contributed by atoms with Crippen molar-refractivity contribution in [1.82, 2.24) is 4.90 Å². The molecule has 0 saturated carbocycles. The largest absolute Gasteiger partial charge is 0.382 e. The number of hydrogen-bond acceptors (Lipinski definition) is 3. The van der Waals surface area contributed by atoms with Gasteiger partial charge in [-0.25, -0.2) is 0 Å². The molecule has 0 aromatic carbocycles. The van der Waals surface area contributed by atoms with Gasteiger partial charge in [-0.15, -0.1) is 0 Å². The third-order valence-electron chi connectivity index (χ3n) is 3.80. The molecule has 2 aliphatic rings. The molecule has 1 fully saturated rings. The first-order chi connectivity index (χ1) is 8.40. The van der Waals surface area contributed by atoms with E-state index in [0.29, 0.717) is 12.6 Å². The lowest BCUT2D eigenvalue weighted by Crippen LogP contribution is -2.33. The van der Waals surface area contributed by atoms with Crippen molar-refractivity contribution in [2.45, 2.75) is 31.7 Å². The number of methoxy groups -OCH3 is 1. The van der Waals surface area contributed by atoms with Crippen LogP contribution in [0.25, 0.3) is 0 Å². The highest BCUT2D eigenvalue weighted by Gasteiger charge is 2.27. The molecule has 1 aliphatic heterocycles. The van der Waals surface area contributed by atoms with E-state index in [1.165, 1.54) is 38.8 Å². The lowest BCUT2D eigenvalue weighted by molar-refractivity contribution is 0.0520. The van der Waals surface area contributed by atoms with E-state index in [-0.39, 0.29) is 0 Å². The van der Waals surface area contributed by atoms with Crippen LogP contribution >= 0.6 is 0 Å². The minimum Gasteiger partial charge on any atom is -0.382 e. The molecular weight excluding hydrogens is 214 g/mol. The topological polar surface area (TPSA) is 21.7 Å². The summed E-state index contributed by atoms with van der Waals surface area (Å²) < 4.78 is 10.6. The first-order valence-electron chi connectivity index (χ1n) is 6.87. The minimum absolute atomic E-state index is 0.702. The monoisotopic (exact) mass is 239 g/mol. The maximum Gasteiger partial charge on any atom is 0.0700 e. The average molecular weight is 239 g/mol. The molecule has 0 aromatic heterocycles. The summed E-state index contributed by atoms with van der Waals surface area (Å²) in [7, 11) is 1.72. The summed E-state index contributed by atoms with van der Waals surface area (Å²) in [6.45, 7) is 4.80. The van der Waals surface area contributed by atoms with Crippen LogP contribution in [0.5, 0.6) is 0 Å². The molecule has 98 valence electrons. The molecule has 17 heavy (non-hydrogen) atoms. The number of ether oxygens (including phenoxy) is 2. The molecular formula is C14H25NO2. The molecule has 0 amide bonds. The molecule has 0 aromatic rings. The van der Waals surface area contributed by atoms with Crippen molar-refractivity contribution in [3.05, 3.63) is 12.2 Å². The van der Waals surface area contributed by atoms with E-state index in [0.717, 1.165) is 19.1 Å².